The van der Waals surface area contributed by atoms with Crippen LogP contribution in [0.4, 0.5) is 0 Å². The van der Waals surface area contributed by atoms with Gasteiger partial charge in [0, 0.05) is 24.7 Å². The molecule has 0 bridgehead atoms. The summed E-state index contributed by atoms with van der Waals surface area (Å²) < 4.78 is 34.1. The van der Waals surface area contributed by atoms with E-state index in [9.17, 15) is 18.0 Å². The van der Waals surface area contributed by atoms with Gasteiger partial charge in [-0.25, -0.2) is 13.8 Å². The molecule has 3 aromatic rings. The van der Waals surface area contributed by atoms with Gasteiger partial charge in [-0.1, -0.05) is 41.4 Å². The van der Waals surface area contributed by atoms with Crippen LogP contribution in [-0.2, 0) is 32.7 Å². The Morgan fingerprint density at radius 3 is 2.37 bits per heavy atom. The van der Waals surface area contributed by atoms with E-state index < -0.39 is 21.8 Å². The fourth-order valence-corrected chi connectivity index (χ4v) is 5.56. The normalized spacial score (nSPS) is 14.2. The maximum atomic E-state index is 13.5. The SMILES string of the molecule is Cc1ccc(S(=O)(=O)N(Cc2ccc(Cl)cc2)Cc2ccc(/C=N/NC(=O)C(=O)N3CCCCC3)o2)cc1. The van der Waals surface area contributed by atoms with Gasteiger partial charge in [0.15, 0.2) is 0 Å². The van der Waals surface area contributed by atoms with E-state index in [0.717, 1.165) is 30.4 Å². The minimum Gasteiger partial charge on any atom is -0.459 e. The zero-order valence-electron chi connectivity index (χ0n) is 21.0. The molecule has 1 N–H and O–H groups in total. The van der Waals surface area contributed by atoms with E-state index in [1.54, 1.807) is 60.7 Å². The fourth-order valence-electron chi connectivity index (χ4n) is 4.04. The molecule has 1 aromatic heterocycles. The number of carbonyl (C=O) groups excluding carboxylic acids is 2. The summed E-state index contributed by atoms with van der Waals surface area (Å²) in [6, 6.07) is 16.9. The van der Waals surface area contributed by atoms with Crippen LogP contribution in [0.5, 0.6) is 0 Å². The monoisotopic (exact) mass is 556 g/mol. The largest absolute Gasteiger partial charge is 0.459 e. The Balaban J connectivity index is 1.46. The maximum absolute atomic E-state index is 13.5. The molecule has 0 unspecified atom stereocenters. The summed E-state index contributed by atoms with van der Waals surface area (Å²) in [5.41, 5.74) is 3.94. The van der Waals surface area contributed by atoms with Gasteiger partial charge in [-0.2, -0.15) is 9.41 Å². The lowest BCUT2D eigenvalue weighted by atomic mass is 10.1. The van der Waals surface area contributed by atoms with Gasteiger partial charge in [-0.15, -0.1) is 0 Å². The molecule has 0 saturated carbocycles. The molecular weight excluding hydrogens is 528 g/mol. The highest BCUT2D eigenvalue weighted by molar-refractivity contribution is 7.89. The van der Waals surface area contributed by atoms with E-state index >= 15 is 0 Å². The minimum absolute atomic E-state index is 0.0352. The molecule has 1 saturated heterocycles. The highest BCUT2D eigenvalue weighted by Crippen LogP contribution is 2.23. The van der Waals surface area contributed by atoms with Crippen molar-refractivity contribution in [2.45, 2.75) is 44.2 Å². The third-order valence-electron chi connectivity index (χ3n) is 6.14. The van der Waals surface area contributed by atoms with Crippen LogP contribution in [-0.4, -0.2) is 48.7 Å². The number of rotatable bonds is 8. The molecule has 0 atom stereocenters. The molecule has 38 heavy (non-hydrogen) atoms. The summed E-state index contributed by atoms with van der Waals surface area (Å²) in [6.07, 6.45) is 4.08. The van der Waals surface area contributed by atoms with Gasteiger partial charge >= 0.3 is 11.8 Å². The maximum Gasteiger partial charge on any atom is 0.329 e. The number of likely N-dealkylation sites (tertiary alicyclic amines) is 1. The van der Waals surface area contributed by atoms with E-state index in [0.29, 0.717) is 29.6 Å². The summed E-state index contributed by atoms with van der Waals surface area (Å²) in [5, 5.41) is 4.38. The van der Waals surface area contributed by atoms with Crippen molar-refractivity contribution in [2.75, 3.05) is 13.1 Å². The lowest BCUT2D eigenvalue weighted by molar-refractivity contribution is -0.146. The number of nitrogens with one attached hydrogen (secondary N) is 1. The van der Waals surface area contributed by atoms with Gasteiger partial charge in [0.1, 0.15) is 11.5 Å². The lowest BCUT2D eigenvalue weighted by Crippen LogP contribution is -2.43. The molecule has 4 rings (SSSR count). The van der Waals surface area contributed by atoms with E-state index in [4.69, 9.17) is 16.0 Å². The van der Waals surface area contributed by atoms with Gasteiger partial charge in [0.2, 0.25) is 10.0 Å². The van der Waals surface area contributed by atoms with Crippen molar-refractivity contribution in [2.24, 2.45) is 5.10 Å². The standard InChI is InChI=1S/C27H29ClN4O5S/c1-20-5-13-25(14-6-20)38(35,36)32(18-21-7-9-22(28)10-8-21)19-24-12-11-23(37-24)17-29-30-26(33)27(34)31-15-3-2-4-16-31/h5-14,17H,2-4,15-16,18-19H2,1H3,(H,30,33)/b29-17+. The Kier molecular flexibility index (Phi) is 8.98. The Labute approximate surface area is 227 Å². The van der Waals surface area contributed by atoms with Crippen LogP contribution in [0.3, 0.4) is 0 Å². The molecule has 1 aliphatic heterocycles. The van der Waals surface area contributed by atoms with Crippen LogP contribution < -0.4 is 5.43 Å². The number of sulfonamides is 1. The van der Waals surface area contributed by atoms with Crippen LogP contribution in [0, 0.1) is 6.92 Å². The minimum atomic E-state index is -3.86. The first-order valence-corrected chi connectivity index (χ1v) is 14.1. The summed E-state index contributed by atoms with van der Waals surface area (Å²) in [7, 11) is -3.86. The predicted molar refractivity (Wildman–Crippen MR) is 144 cm³/mol. The van der Waals surface area contributed by atoms with Crippen molar-refractivity contribution >= 4 is 39.7 Å². The molecule has 0 spiro atoms. The van der Waals surface area contributed by atoms with Crippen LogP contribution >= 0.6 is 11.6 Å². The highest BCUT2D eigenvalue weighted by Gasteiger charge is 2.26. The molecule has 11 heteroatoms. The molecule has 2 heterocycles. The molecule has 0 radical (unpaired) electrons. The predicted octanol–water partition coefficient (Wildman–Crippen LogP) is 4.10. The van der Waals surface area contributed by atoms with Gasteiger partial charge in [-0.3, -0.25) is 9.59 Å². The zero-order valence-corrected chi connectivity index (χ0v) is 22.5. The number of aryl methyl sites for hydroxylation is 1. The van der Waals surface area contributed by atoms with Crippen LogP contribution in [0.2, 0.25) is 5.02 Å². The second kappa shape index (κ2) is 12.4. The third-order valence-corrected chi connectivity index (χ3v) is 8.20. The molecule has 9 nitrogen and oxygen atoms in total. The highest BCUT2D eigenvalue weighted by atomic mass is 35.5. The Hall–Kier alpha value is -3.47. The van der Waals surface area contributed by atoms with Crippen molar-refractivity contribution in [1.29, 1.82) is 0 Å². The molecule has 200 valence electrons. The molecule has 1 fully saturated rings. The van der Waals surface area contributed by atoms with Crippen molar-refractivity contribution in [1.82, 2.24) is 14.6 Å². The topological polar surface area (TPSA) is 112 Å². The first-order valence-electron chi connectivity index (χ1n) is 12.2. The molecule has 1 aliphatic rings. The summed E-state index contributed by atoms with van der Waals surface area (Å²) in [5.74, 6) is -0.744. The Morgan fingerprint density at radius 1 is 1.00 bits per heavy atom. The number of piperidine rings is 1. The fraction of sp³-hybridized carbons (Fsp3) is 0.296. The number of carbonyl (C=O) groups is 2. The first-order chi connectivity index (χ1) is 18.2. The second-order valence-corrected chi connectivity index (χ2v) is 11.4. The zero-order chi connectivity index (χ0) is 27.1. The van der Waals surface area contributed by atoms with Crippen molar-refractivity contribution in [3.8, 4) is 0 Å². The number of hydrogen-bond acceptors (Lipinski definition) is 6. The lowest BCUT2D eigenvalue weighted by Gasteiger charge is -2.25. The first kappa shape index (κ1) is 27.6. The number of hydrogen-bond donors (Lipinski definition) is 1. The van der Waals surface area contributed by atoms with Crippen LogP contribution in [0.25, 0.3) is 0 Å². The van der Waals surface area contributed by atoms with Gasteiger partial charge in [0.25, 0.3) is 0 Å². The number of halogens is 1. The molecule has 2 amide bonds. The van der Waals surface area contributed by atoms with Crippen LogP contribution in [0.15, 0.2) is 75.1 Å². The van der Waals surface area contributed by atoms with E-state index in [1.165, 1.54) is 15.4 Å². The van der Waals surface area contributed by atoms with E-state index in [-0.39, 0.29) is 18.0 Å². The number of hydrazone groups is 1. The summed E-state index contributed by atoms with van der Waals surface area (Å²) in [6.45, 7) is 3.09. The smallest absolute Gasteiger partial charge is 0.329 e. The van der Waals surface area contributed by atoms with E-state index in [2.05, 4.69) is 10.5 Å². The molecule has 0 aliphatic carbocycles. The van der Waals surface area contributed by atoms with Gasteiger partial charge < -0.3 is 9.32 Å². The molecule has 2 aromatic carbocycles. The van der Waals surface area contributed by atoms with Crippen molar-refractivity contribution < 1.29 is 22.4 Å². The average molecular weight is 557 g/mol. The van der Waals surface area contributed by atoms with Crippen molar-refractivity contribution in [3.05, 3.63) is 88.3 Å². The van der Waals surface area contributed by atoms with E-state index in [1.807, 2.05) is 6.92 Å². The molecular formula is C27H29ClN4O5S. The van der Waals surface area contributed by atoms with Crippen molar-refractivity contribution in [3.63, 3.8) is 0 Å². The van der Waals surface area contributed by atoms with Gasteiger partial charge in [-0.05, 0) is 68.1 Å². The quantitative estimate of drug-likeness (QED) is 0.255. The number of benzene rings is 2. The van der Waals surface area contributed by atoms with Crippen LogP contribution in [0.1, 0.15) is 41.9 Å². The number of amides is 2. The number of nitrogens with zero attached hydrogens (tertiary/aromatic N) is 3. The Bertz CT molecular complexity index is 1400. The summed E-state index contributed by atoms with van der Waals surface area (Å²) in [4.78, 5) is 26.0. The Morgan fingerprint density at radius 2 is 1.68 bits per heavy atom. The second-order valence-electron chi connectivity index (χ2n) is 9.07. The average Bonchev–Trinajstić information content (AvgIpc) is 3.37. The third kappa shape index (κ3) is 7.09. The number of furan rings is 1. The summed E-state index contributed by atoms with van der Waals surface area (Å²) >= 11 is 5.99. The van der Waals surface area contributed by atoms with Gasteiger partial charge in [0.05, 0.1) is 17.7 Å².